The van der Waals surface area contributed by atoms with E-state index < -0.39 is 5.97 Å². The number of rotatable bonds is 5. The molecule has 0 atom stereocenters. The summed E-state index contributed by atoms with van der Waals surface area (Å²) in [6.07, 6.45) is 0. The van der Waals surface area contributed by atoms with Crippen LogP contribution in [0, 0.1) is 3.57 Å². The van der Waals surface area contributed by atoms with Crippen molar-refractivity contribution < 1.29 is 14.3 Å². The van der Waals surface area contributed by atoms with Crippen molar-refractivity contribution in [2.45, 2.75) is 0 Å². The van der Waals surface area contributed by atoms with Crippen LogP contribution in [0.2, 0.25) is 0 Å². The summed E-state index contributed by atoms with van der Waals surface area (Å²) >= 11 is 2.13. The number of nitrogens with one attached hydrogen (secondary N) is 1. The smallest absolute Gasteiger partial charge is 0.338 e. The van der Waals surface area contributed by atoms with Crippen LogP contribution in [0.4, 0.5) is 5.69 Å². The van der Waals surface area contributed by atoms with Crippen LogP contribution in [0.15, 0.2) is 78.9 Å². The van der Waals surface area contributed by atoms with Gasteiger partial charge in [0.05, 0.1) is 11.3 Å². The molecule has 0 saturated carbocycles. The lowest BCUT2D eigenvalue weighted by Gasteiger charge is -2.08. The van der Waals surface area contributed by atoms with Crippen LogP contribution >= 0.6 is 22.6 Å². The first-order valence-corrected chi connectivity index (χ1v) is 9.08. The molecule has 0 fully saturated rings. The molecule has 0 aliphatic carbocycles. The molecule has 0 spiro atoms. The first kappa shape index (κ1) is 18.1. The van der Waals surface area contributed by atoms with Gasteiger partial charge in [-0.1, -0.05) is 54.6 Å². The minimum Gasteiger partial charge on any atom is -0.452 e. The Morgan fingerprint density at radius 1 is 0.808 bits per heavy atom. The maximum absolute atomic E-state index is 12.1. The first-order chi connectivity index (χ1) is 12.6. The van der Waals surface area contributed by atoms with Crippen molar-refractivity contribution in [3.8, 4) is 11.1 Å². The molecule has 5 heteroatoms. The lowest BCUT2D eigenvalue weighted by atomic mass is 10.0. The van der Waals surface area contributed by atoms with Crippen LogP contribution in [0.3, 0.4) is 0 Å². The van der Waals surface area contributed by atoms with E-state index in [4.69, 9.17) is 4.74 Å². The summed E-state index contributed by atoms with van der Waals surface area (Å²) in [5.74, 6) is -0.897. The van der Waals surface area contributed by atoms with Crippen molar-refractivity contribution in [3.05, 3.63) is 88.0 Å². The van der Waals surface area contributed by atoms with Crippen LogP contribution in [0.5, 0.6) is 0 Å². The molecule has 3 rings (SSSR count). The molecule has 0 radical (unpaired) electrons. The first-order valence-electron chi connectivity index (χ1n) is 8.00. The van der Waals surface area contributed by atoms with E-state index in [-0.39, 0.29) is 12.5 Å². The molecule has 0 aromatic heterocycles. The highest BCUT2D eigenvalue weighted by atomic mass is 127. The van der Waals surface area contributed by atoms with Crippen LogP contribution in [-0.2, 0) is 9.53 Å². The maximum Gasteiger partial charge on any atom is 0.338 e. The normalized spacial score (nSPS) is 10.2. The highest BCUT2D eigenvalue weighted by Gasteiger charge is 2.11. The number of ether oxygens (including phenoxy) is 1. The number of halogens is 1. The van der Waals surface area contributed by atoms with Gasteiger partial charge in [0.2, 0.25) is 0 Å². The number of carbonyl (C=O) groups excluding carboxylic acids is 2. The molecule has 4 nitrogen and oxygen atoms in total. The van der Waals surface area contributed by atoms with Gasteiger partial charge in [0, 0.05) is 3.57 Å². The Morgan fingerprint density at radius 2 is 1.42 bits per heavy atom. The zero-order valence-electron chi connectivity index (χ0n) is 13.8. The van der Waals surface area contributed by atoms with E-state index in [0.717, 1.165) is 14.7 Å². The number of benzene rings is 3. The van der Waals surface area contributed by atoms with Gasteiger partial charge in [0.15, 0.2) is 6.61 Å². The van der Waals surface area contributed by atoms with E-state index in [9.17, 15) is 9.59 Å². The third-order valence-corrected chi connectivity index (χ3v) is 4.65. The van der Waals surface area contributed by atoms with Gasteiger partial charge in [-0.25, -0.2) is 4.79 Å². The number of esters is 1. The molecule has 0 unspecified atom stereocenters. The minimum atomic E-state index is -0.525. The van der Waals surface area contributed by atoms with E-state index in [0.29, 0.717) is 11.3 Å². The minimum absolute atomic E-state index is 0.329. The standard InChI is InChI=1S/C21H16INO3/c22-18-8-4-5-9-19(18)23-20(24)14-26-21(25)17-12-10-16(11-13-17)15-6-2-1-3-7-15/h1-13H,14H2,(H,23,24). The Hall–Kier alpha value is -2.67. The summed E-state index contributed by atoms with van der Waals surface area (Å²) < 4.78 is 6.01. The molecule has 0 bridgehead atoms. The fourth-order valence-corrected chi connectivity index (χ4v) is 2.91. The SMILES string of the molecule is O=C(COC(=O)c1ccc(-c2ccccc2)cc1)Nc1ccccc1I. The van der Waals surface area contributed by atoms with Gasteiger partial charge < -0.3 is 10.1 Å². The summed E-state index contributed by atoms with van der Waals surface area (Å²) in [5.41, 5.74) is 3.19. The highest BCUT2D eigenvalue weighted by molar-refractivity contribution is 14.1. The van der Waals surface area contributed by atoms with Crippen molar-refractivity contribution in [3.63, 3.8) is 0 Å². The third kappa shape index (κ3) is 4.70. The van der Waals surface area contributed by atoms with Gasteiger partial charge in [-0.05, 0) is 58.0 Å². The van der Waals surface area contributed by atoms with E-state index in [1.807, 2.05) is 60.7 Å². The molecular weight excluding hydrogens is 441 g/mol. The molecule has 26 heavy (non-hydrogen) atoms. The average Bonchev–Trinajstić information content (AvgIpc) is 2.69. The van der Waals surface area contributed by atoms with E-state index in [1.165, 1.54) is 0 Å². The average molecular weight is 457 g/mol. The number of hydrogen-bond acceptors (Lipinski definition) is 3. The number of para-hydroxylation sites is 1. The fourth-order valence-electron chi connectivity index (χ4n) is 2.39. The molecule has 1 amide bonds. The Labute approximate surface area is 165 Å². The van der Waals surface area contributed by atoms with E-state index in [2.05, 4.69) is 27.9 Å². The predicted molar refractivity (Wildman–Crippen MR) is 110 cm³/mol. The van der Waals surface area contributed by atoms with Crippen LogP contribution in [-0.4, -0.2) is 18.5 Å². The van der Waals surface area contributed by atoms with Gasteiger partial charge in [0.1, 0.15) is 0 Å². The number of amides is 1. The second kappa shape index (κ2) is 8.62. The summed E-state index contributed by atoms with van der Waals surface area (Å²) in [6, 6.07) is 24.4. The van der Waals surface area contributed by atoms with Gasteiger partial charge in [0.25, 0.3) is 5.91 Å². The molecule has 1 N–H and O–H groups in total. The third-order valence-electron chi connectivity index (χ3n) is 3.71. The van der Waals surface area contributed by atoms with Gasteiger partial charge in [-0.15, -0.1) is 0 Å². The topological polar surface area (TPSA) is 55.4 Å². The summed E-state index contributed by atoms with van der Waals surface area (Å²) in [5, 5.41) is 2.72. The second-order valence-electron chi connectivity index (χ2n) is 5.55. The summed E-state index contributed by atoms with van der Waals surface area (Å²) in [6.45, 7) is -0.329. The van der Waals surface area contributed by atoms with E-state index >= 15 is 0 Å². The highest BCUT2D eigenvalue weighted by Crippen LogP contribution is 2.20. The predicted octanol–water partition coefficient (Wildman–Crippen LogP) is 4.75. The van der Waals surface area contributed by atoms with Crippen molar-refractivity contribution in [2.75, 3.05) is 11.9 Å². The fraction of sp³-hybridized carbons (Fsp3) is 0.0476. The Balaban J connectivity index is 1.56. The second-order valence-corrected chi connectivity index (χ2v) is 6.71. The lowest BCUT2D eigenvalue weighted by molar-refractivity contribution is -0.119. The number of anilines is 1. The molecular formula is C21H16INO3. The largest absolute Gasteiger partial charge is 0.452 e. The van der Waals surface area contributed by atoms with Crippen molar-refractivity contribution >= 4 is 40.2 Å². The Morgan fingerprint density at radius 3 is 2.12 bits per heavy atom. The molecule has 0 aliphatic rings. The van der Waals surface area contributed by atoms with Gasteiger partial charge >= 0.3 is 5.97 Å². The lowest BCUT2D eigenvalue weighted by Crippen LogP contribution is -2.21. The molecule has 0 saturated heterocycles. The van der Waals surface area contributed by atoms with Crippen LogP contribution in [0.1, 0.15) is 10.4 Å². The molecule has 0 aliphatic heterocycles. The Kier molecular flexibility index (Phi) is 6.01. The Bertz CT molecular complexity index is 908. The van der Waals surface area contributed by atoms with Crippen molar-refractivity contribution in [1.82, 2.24) is 0 Å². The maximum atomic E-state index is 12.1. The molecule has 0 heterocycles. The van der Waals surface area contributed by atoms with Crippen molar-refractivity contribution in [1.29, 1.82) is 0 Å². The van der Waals surface area contributed by atoms with E-state index in [1.54, 1.807) is 18.2 Å². The number of carbonyl (C=O) groups is 2. The molecule has 130 valence electrons. The quantitative estimate of drug-likeness (QED) is 0.445. The van der Waals surface area contributed by atoms with Crippen molar-refractivity contribution in [2.24, 2.45) is 0 Å². The number of hydrogen-bond donors (Lipinski definition) is 1. The van der Waals surface area contributed by atoms with Crippen LogP contribution < -0.4 is 5.32 Å². The van der Waals surface area contributed by atoms with Crippen LogP contribution in [0.25, 0.3) is 11.1 Å². The molecule has 3 aromatic carbocycles. The summed E-state index contributed by atoms with van der Waals surface area (Å²) in [7, 11) is 0. The van der Waals surface area contributed by atoms with Gasteiger partial charge in [-0.3, -0.25) is 4.79 Å². The zero-order chi connectivity index (χ0) is 18.4. The van der Waals surface area contributed by atoms with Gasteiger partial charge in [-0.2, -0.15) is 0 Å². The monoisotopic (exact) mass is 457 g/mol. The summed E-state index contributed by atoms with van der Waals surface area (Å²) in [4.78, 5) is 24.1. The molecule has 3 aromatic rings. The zero-order valence-corrected chi connectivity index (χ0v) is 16.0.